The lowest BCUT2D eigenvalue weighted by Crippen LogP contribution is -2.29. The van der Waals surface area contributed by atoms with Gasteiger partial charge in [-0.05, 0) is 23.0 Å². The van der Waals surface area contributed by atoms with Gasteiger partial charge in [0, 0.05) is 10.9 Å². The molecule has 10 heteroatoms. The van der Waals surface area contributed by atoms with Gasteiger partial charge in [-0.2, -0.15) is 16.3 Å². The molecule has 1 aliphatic heterocycles. The topological polar surface area (TPSA) is 93.3 Å². The van der Waals surface area contributed by atoms with Gasteiger partial charge in [0.15, 0.2) is 18.0 Å². The van der Waals surface area contributed by atoms with Gasteiger partial charge in [-0.1, -0.05) is 0 Å². The first-order valence-electron chi connectivity index (χ1n) is 7.11. The Hall–Kier alpha value is -1.65. The second-order valence-electron chi connectivity index (χ2n) is 5.36. The van der Waals surface area contributed by atoms with Gasteiger partial charge >= 0.3 is 0 Å². The fourth-order valence-electron chi connectivity index (χ4n) is 2.76. The standard InChI is InChI=1S/C14H12ClFN4O3S/c15-14-18-9(6-1-2-24-4-6)10-12(19-14)20(5-17-10)13-11(22)8(16)7(3-21)23-13/h1-2,4-5,7-8,11,13,21-22H,3H2/t7-,8-,11-,13-/m1/s1. The van der Waals surface area contributed by atoms with Gasteiger partial charge in [0.2, 0.25) is 5.28 Å². The minimum atomic E-state index is -1.70. The first kappa shape index (κ1) is 15.9. The molecule has 24 heavy (non-hydrogen) atoms. The van der Waals surface area contributed by atoms with E-state index in [9.17, 15) is 9.50 Å². The molecular weight excluding hydrogens is 359 g/mol. The highest BCUT2D eigenvalue weighted by Gasteiger charge is 2.45. The molecule has 3 aromatic heterocycles. The predicted octanol–water partition coefficient (Wildman–Crippen LogP) is 1.80. The molecule has 3 aromatic rings. The molecule has 0 amide bonds. The Kier molecular flexibility index (Phi) is 3.97. The number of rotatable bonds is 3. The van der Waals surface area contributed by atoms with Crippen molar-refractivity contribution < 1.29 is 19.3 Å². The third-order valence-electron chi connectivity index (χ3n) is 3.93. The molecule has 0 aromatic carbocycles. The number of ether oxygens (including phenoxy) is 1. The summed E-state index contributed by atoms with van der Waals surface area (Å²) in [5.74, 6) is 0. The molecule has 0 radical (unpaired) electrons. The molecule has 4 rings (SSSR count). The summed E-state index contributed by atoms with van der Waals surface area (Å²) in [4.78, 5) is 12.6. The molecule has 4 atom stereocenters. The Morgan fingerprint density at radius 3 is 2.92 bits per heavy atom. The van der Waals surface area contributed by atoms with Crippen molar-refractivity contribution in [3.05, 3.63) is 28.4 Å². The van der Waals surface area contributed by atoms with E-state index in [1.807, 2.05) is 16.8 Å². The van der Waals surface area contributed by atoms with Crippen LogP contribution in [-0.4, -0.2) is 54.7 Å². The molecular formula is C14H12ClFN4O3S. The molecule has 1 saturated heterocycles. The van der Waals surface area contributed by atoms with Crippen LogP contribution in [0.4, 0.5) is 4.39 Å². The van der Waals surface area contributed by atoms with E-state index >= 15 is 0 Å². The number of fused-ring (bicyclic) bond motifs is 1. The number of thiophene rings is 1. The third-order valence-corrected chi connectivity index (χ3v) is 4.78. The summed E-state index contributed by atoms with van der Waals surface area (Å²) in [7, 11) is 0. The van der Waals surface area contributed by atoms with E-state index < -0.39 is 31.2 Å². The van der Waals surface area contributed by atoms with Crippen LogP contribution in [0.3, 0.4) is 0 Å². The zero-order valence-corrected chi connectivity index (χ0v) is 13.7. The molecule has 0 unspecified atom stereocenters. The smallest absolute Gasteiger partial charge is 0.225 e. The highest BCUT2D eigenvalue weighted by molar-refractivity contribution is 7.08. The van der Waals surface area contributed by atoms with Crippen molar-refractivity contribution >= 4 is 34.1 Å². The minimum Gasteiger partial charge on any atom is -0.394 e. The van der Waals surface area contributed by atoms with Crippen molar-refractivity contribution in [2.24, 2.45) is 0 Å². The normalized spacial score (nSPS) is 27.2. The monoisotopic (exact) mass is 370 g/mol. The summed E-state index contributed by atoms with van der Waals surface area (Å²) in [5, 5.41) is 23.0. The molecule has 0 aliphatic carbocycles. The number of hydrogen-bond donors (Lipinski definition) is 2. The van der Waals surface area contributed by atoms with Crippen LogP contribution in [0.2, 0.25) is 5.28 Å². The maximum atomic E-state index is 14.0. The zero-order chi connectivity index (χ0) is 16.8. The fraction of sp³-hybridized carbons (Fsp3) is 0.357. The molecule has 0 bridgehead atoms. The van der Waals surface area contributed by atoms with Crippen molar-refractivity contribution in [2.45, 2.75) is 24.6 Å². The number of nitrogens with zero attached hydrogens (tertiary/aromatic N) is 4. The number of alkyl halides is 1. The second-order valence-corrected chi connectivity index (χ2v) is 6.48. The average molecular weight is 371 g/mol. The van der Waals surface area contributed by atoms with Crippen LogP contribution in [0.1, 0.15) is 6.23 Å². The van der Waals surface area contributed by atoms with Gasteiger partial charge in [0.25, 0.3) is 0 Å². The van der Waals surface area contributed by atoms with Gasteiger partial charge in [0.05, 0.1) is 12.9 Å². The number of halogens is 2. The number of aliphatic hydroxyl groups excluding tert-OH is 2. The van der Waals surface area contributed by atoms with E-state index in [1.54, 1.807) is 0 Å². The predicted molar refractivity (Wildman–Crippen MR) is 85.5 cm³/mol. The second kappa shape index (κ2) is 6.01. The first-order valence-corrected chi connectivity index (χ1v) is 8.43. The van der Waals surface area contributed by atoms with Crippen molar-refractivity contribution in [3.63, 3.8) is 0 Å². The van der Waals surface area contributed by atoms with E-state index in [4.69, 9.17) is 21.4 Å². The van der Waals surface area contributed by atoms with Crippen LogP contribution in [0, 0.1) is 0 Å². The molecule has 2 N–H and O–H groups in total. The average Bonchev–Trinajstić information content (AvgIpc) is 3.28. The molecule has 7 nitrogen and oxygen atoms in total. The van der Waals surface area contributed by atoms with Crippen LogP contribution < -0.4 is 0 Å². The molecule has 4 heterocycles. The van der Waals surface area contributed by atoms with Crippen LogP contribution >= 0.6 is 22.9 Å². The van der Waals surface area contributed by atoms with E-state index in [-0.39, 0.29) is 5.28 Å². The van der Waals surface area contributed by atoms with Gasteiger partial charge in [-0.25, -0.2) is 14.4 Å². The molecule has 0 saturated carbocycles. The van der Waals surface area contributed by atoms with Crippen molar-refractivity contribution in [2.75, 3.05) is 6.61 Å². The van der Waals surface area contributed by atoms with E-state index in [0.29, 0.717) is 16.9 Å². The summed E-state index contributed by atoms with van der Waals surface area (Å²) >= 11 is 7.52. The lowest BCUT2D eigenvalue weighted by atomic mass is 10.1. The third kappa shape index (κ3) is 2.40. The maximum absolute atomic E-state index is 14.0. The minimum absolute atomic E-state index is 0.00782. The molecule has 1 fully saturated rings. The van der Waals surface area contributed by atoms with Gasteiger partial charge in [0.1, 0.15) is 23.4 Å². The van der Waals surface area contributed by atoms with E-state index in [0.717, 1.165) is 5.56 Å². The van der Waals surface area contributed by atoms with Crippen molar-refractivity contribution in [3.8, 4) is 11.3 Å². The fourth-order valence-corrected chi connectivity index (χ4v) is 3.57. The summed E-state index contributed by atoms with van der Waals surface area (Å²) in [6.07, 6.45) is -3.91. The summed E-state index contributed by atoms with van der Waals surface area (Å²) in [6.45, 7) is -0.531. The quantitative estimate of drug-likeness (QED) is 0.683. The summed E-state index contributed by atoms with van der Waals surface area (Å²) < 4.78 is 20.8. The Balaban J connectivity index is 1.84. The van der Waals surface area contributed by atoms with E-state index in [1.165, 1.54) is 22.2 Å². The first-order chi connectivity index (χ1) is 11.6. The molecule has 0 spiro atoms. The van der Waals surface area contributed by atoms with E-state index in [2.05, 4.69) is 15.0 Å². The van der Waals surface area contributed by atoms with Crippen LogP contribution in [0.25, 0.3) is 22.4 Å². The van der Waals surface area contributed by atoms with Gasteiger partial charge in [-0.15, -0.1) is 0 Å². The number of aliphatic hydroxyl groups is 2. The van der Waals surface area contributed by atoms with Crippen molar-refractivity contribution in [1.29, 1.82) is 0 Å². The zero-order valence-electron chi connectivity index (χ0n) is 12.1. The Labute approximate surface area is 144 Å². The van der Waals surface area contributed by atoms with Gasteiger partial charge < -0.3 is 14.9 Å². The lowest BCUT2D eigenvalue weighted by Gasteiger charge is -2.16. The number of aromatic nitrogens is 4. The lowest BCUT2D eigenvalue weighted by molar-refractivity contribution is -0.0495. The largest absolute Gasteiger partial charge is 0.394 e. The molecule has 1 aliphatic rings. The Bertz CT molecular complexity index is 874. The van der Waals surface area contributed by atoms with Crippen LogP contribution in [0.15, 0.2) is 23.2 Å². The van der Waals surface area contributed by atoms with Crippen LogP contribution in [0.5, 0.6) is 0 Å². The van der Waals surface area contributed by atoms with Gasteiger partial charge in [-0.3, -0.25) is 4.57 Å². The number of imidazole rings is 1. The highest BCUT2D eigenvalue weighted by Crippen LogP contribution is 2.35. The summed E-state index contributed by atoms with van der Waals surface area (Å²) in [6, 6.07) is 1.88. The van der Waals surface area contributed by atoms with Crippen LogP contribution in [-0.2, 0) is 4.74 Å². The Morgan fingerprint density at radius 2 is 2.25 bits per heavy atom. The highest BCUT2D eigenvalue weighted by atomic mass is 35.5. The maximum Gasteiger partial charge on any atom is 0.225 e. The SMILES string of the molecule is OC[C@H]1O[C@@H](n2cnc3c(-c4ccsc4)nc(Cl)nc32)[C@H](O)[C@@H]1F. The number of hydrogen-bond acceptors (Lipinski definition) is 7. The summed E-state index contributed by atoms with van der Waals surface area (Å²) in [5.41, 5.74) is 2.18. The Morgan fingerprint density at radius 1 is 1.42 bits per heavy atom. The van der Waals surface area contributed by atoms with Crippen molar-refractivity contribution in [1.82, 2.24) is 19.5 Å². The molecule has 126 valence electrons.